The van der Waals surface area contributed by atoms with Crippen LogP contribution in [0.15, 0.2) is 0 Å². The van der Waals surface area contributed by atoms with Crippen molar-refractivity contribution in [2.45, 2.75) is 24.4 Å². The fraction of sp³-hybridized carbons (Fsp3) is 1.00. The molecule has 1 heterocycles. The lowest BCUT2D eigenvalue weighted by Crippen LogP contribution is -2.14. The lowest BCUT2D eigenvalue weighted by Gasteiger charge is -2.10. The average molecular weight is 166 g/mol. The highest BCUT2D eigenvalue weighted by Crippen LogP contribution is 2.56. The Labute approximate surface area is 63.9 Å². The van der Waals surface area contributed by atoms with Crippen LogP contribution in [0.2, 0.25) is 0 Å². The summed E-state index contributed by atoms with van der Waals surface area (Å²) in [4.78, 5) is 0. The SMILES string of the molecule is CSC1(OC(C)C)OS1. The molecule has 1 fully saturated rings. The van der Waals surface area contributed by atoms with Crippen molar-refractivity contribution in [2.24, 2.45) is 0 Å². The minimum absolute atomic E-state index is 0.243. The van der Waals surface area contributed by atoms with Crippen molar-refractivity contribution < 1.29 is 8.92 Å². The summed E-state index contributed by atoms with van der Waals surface area (Å²) in [5, 5.41) is 0. The lowest BCUT2D eigenvalue weighted by molar-refractivity contribution is -0.0146. The molecule has 1 unspecified atom stereocenters. The van der Waals surface area contributed by atoms with E-state index in [1.807, 2.05) is 20.1 Å². The minimum atomic E-state index is -0.353. The summed E-state index contributed by atoms with van der Waals surface area (Å²) in [6, 6.07) is 0. The topological polar surface area (TPSA) is 21.8 Å². The van der Waals surface area contributed by atoms with E-state index >= 15 is 0 Å². The molecule has 1 aliphatic rings. The summed E-state index contributed by atoms with van der Waals surface area (Å²) in [5.41, 5.74) is 0. The Bertz CT molecular complexity index is 101. The summed E-state index contributed by atoms with van der Waals surface area (Å²) in [6.45, 7) is 4.00. The van der Waals surface area contributed by atoms with Crippen molar-refractivity contribution in [1.82, 2.24) is 0 Å². The van der Waals surface area contributed by atoms with Crippen molar-refractivity contribution in [3.63, 3.8) is 0 Å². The Hall–Kier alpha value is 0.620. The van der Waals surface area contributed by atoms with E-state index in [1.165, 1.54) is 12.0 Å². The quantitative estimate of drug-likeness (QED) is 0.363. The van der Waals surface area contributed by atoms with E-state index in [-0.39, 0.29) is 10.6 Å². The van der Waals surface area contributed by atoms with Gasteiger partial charge in [-0.2, -0.15) is 0 Å². The molecule has 1 atom stereocenters. The second kappa shape index (κ2) is 2.70. The van der Waals surface area contributed by atoms with Gasteiger partial charge in [0, 0.05) is 0 Å². The molecule has 1 saturated heterocycles. The first kappa shape index (κ1) is 7.72. The first-order chi connectivity index (χ1) is 4.18. The second-order valence-electron chi connectivity index (χ2n) is 2.04. The van der Waals surface area contributed by atoms with Crippen LogP contribution < -0.4 is 0 Å². The molecule has 0 amide bonds. The maximum absolute atomic E-state index is 5.40. The normalized spacial score (nSPS) is 33.3. The third-order valence-electron chi connectivity index (χ3n) is 0.849. The van der Waals surface area contributed by atoms with Crippen molar-refractivity contribution in [1.29, 1.82) is 0 Å². The number of hydrogen-bond donors (Lipinski definition) is 0. The van der Waals surface area contributed by atoms with E-state index in [0.717, 1.165) is 0 Å². The Balaban J connectivity index is 2.25. The van der Waals surface area contributed by atoms with Crippen molar-refractivity contribution in [3.05, 3.63) is 0 Å². The maximum Gasteiger partial charge on any atom is 0.306 e. The van der Waals surface area contributed by atoms with Gasteiger partial charge in [-0.3, -0.25) is 4.18 Å². The van der Waals surface area contributed by atoms with Crippen LogP contribution in [0.1, 0.15) is 13.8 Å². The average Bonchev–Trinajstić information content (AvgIpc) is 2.48. The molecule has 0 aromatic rings. The standard InChI is InChI=1S/C5H10O2S2/c1-4(2)6-5(8-3)7-9-5/h4H,1-3H3. The molecule has 0 spiro atoms. The van der Waals surface area contributed by atoms with Crippen LogP contribution in [0.25, 0.3) is 0 Å². The van der Waals surface area contributed by atoms with Crippen LogP contribution in [0.4, 0.5) is 0 Å². The molecule has 2 nitrogen and oxygen atoms in total. The first-order valence-electron chi connectivity index (χ1n) is 2.78. The van der Waals surface area contributed by atoms with Gasteiger partial charge in [-0.25, -0.2) is 0 Å². The molecule has 4 heteroatoms. The molecule has 1 aliphatic heterocycles. The summed E-state index contributed by atoms with van der Waals surface area (Å²) < 4.78 is 10.1. The summed E-state index contributed by atoms with van der Waals surface area (Å²) in [5.74, 6) is 0. The molecule has 0 aromatic carbocycles. The van der Waals surface area contributed by atoms with E-state index in [9.17, 15) is 0 Å². The van der Waals surface area contributed by atoms with E-state index in [1.54, 1.807) is 11.8 Å². The first-order valence-corrected chi connectivity index (χ1v) is 4.75. The van der Waals surface area contributed by atoms with Crippen molar-refractivity contribution >= 4 is 23.8 Å². The Morgan fingerprint density at radius 2 is 2.22 bits per heavy atom. The van der Waals surface area contributed by atoms with Crippen molar-refractivity contribution in [2.75, 3.05) is 6.26 Å². The predicted molar refractivity (Wildman–Crippen MR) is 41.1 cm³/mol. The van der Waals surface area contributed by atoms with Crippen LogP contribution in [-0.4, -0.2) is 16.8 Å². The summed E-state index contributed by atoms with van der Waals surface area (Å²) in [6.07, 6.45) is 2.22. The van der Waals surface area contributed by atoms with Crippen LogP contribution in [0.5, 0.6) is 0 Å². The van der Waals surface area contributed by atoms with Gasteiger partial charge in [-0.1, -0.05) is 11.8 Å². The van der Waals surface area contributed by atoms with Crippen LogP contribution in [-0.2, 0) is 8.92 Å². The van der Waals surface area contributed by atoms with Gasteiger partial charge in [0.25, 0.3) is 0 Å². The molecule has 9 heavy (non-hydrogen) atoms. The predicted octanol–water partition coefficient (Wildman–Crippen LogP) is 2.06. The monoisotopic (exact) mass is 166 g/mol. The third-order valence-corrected chi connectivity index (χ3v) is 2.89. The zero-order chi connectivity index (χ0) is 6.91. The van der Waals surface area contributed by atoms with Crippen LogP contribution in [0.3, 0.4) is 0 Å². The largest absolute Gasteiger partial charge is 0.328 e. The van der Waals surface area contributed by atoms with E-state index in [2.05, 4.69) is 0 Å². The molecule has 0 aliphatic carbocycles. The maximum atomic E-state index is 5.40. The Morgan fingerprint density at radius 3 is 2.33 bits per heavy atom. The van der Waals surface area contributed by atoms with Gasteiger partial charge in [0.1, 0.15) is 0 Å². The van der Waals surface area contributed by atoms with Gasteiger partial charge in [-0.05, 0) is 20.1 Å². The van der Waals surface area contributed by atoms with Gasteiger partial charge < -0.3 is 4.74 Å². The molecule has 54 valence electrons. The van der Waals surface area contributed by atoms with Gasteiger partial charge in [0.15, 0.2) is 0 Å². The summed E-state index contributed by atoms with van der Waals surface area (Å²) in [7, 11) is 0. The van der Waals surface area contributed by atoms with Gasteiger partial charge in [-0.15, -0.1) is 0 Å². The highest BCUT2D eigenvalue weighted by molar-refractivity contribution is 8.20. The lowest BCUT2D eigenvalue weighted by atomic mass is 10.5. The fourth-order valence-electron chi connectivity index (χ4n) is 0.478. The Kier molecular flexibility index (Phi) is 2.32. The zero-order valence-electron chi connectivity index (χ0n) is 5.71. The van der Waals surface area contributed by atoms with Gasteiger partial charge in [0.2, 0.25) is 0 Å². The molecule has 0 N–H and O–H groups in total. The molecular formula is C5H10O2S2. The van der Waals surface area contributed by atoms with E-state index in [4.69, 9.17) is 8.92 Å². The number of thioether (sulfide) groups is 1. The molecule has 0 aromatic heterocycles. The molecule has 0 bridgehead atoms. The Morgan fingerprint density at radius 1 is 1.67 bits per heavy atom. The highest BCUT2D eigenvalue weighted by Gasteiger charge is 2.49. The van der Waals surface area contributed by atoms with E-state index < -0.39 is 0 Å². The zero-order valence-corrected chi connectivity index (χ0v) is 7.34. The van der Waals surface area contributed by atoms with Gasteiger partial charge in [0.05, 0.1) is 18.1 Å². The second-order valence-corrected chi connectivity index (χ2v) is 4.11. The minimum Gasteiger partial charge on any atom is -0.328 e. The molecule has 0 saturated carbocycles. The number of ether oxygens (including phenoxy) is 1. The van der Waals surface area contributed by atoms with E-state index in [0.29, 0.717) is 0 Å². The van der Waals surface area contributed by atoms with Crippen molar-refractivity contribution in [3.8, 4) is 0 Å². The molecule has 0 radical (unpaired) electrons. The third kappa shape index (κ3) is 2.04. The summed E-state index contributed by atoms with van der Waals surface area (Å²) >= 11 is 2.97. The fourth-order valence-corrected chi connectivity index (χ4v) is 1.75. The number of hydrogen-bond acceptors (Lipinski definition) is 4. The highest BCUT2D eigenvalue weighted by atomic mass is 32.2. The van der Waals surface area contributed by atoms with Crippen LogP contribution >= 0.6 is 23.8 Å². The van der Waals surface area contributed by atoms with Gasteiger partial charge >= 0.3 is 4.45 Å². The van der Waals surface area contributed by atoms with Crippen LogP contribution in [0, 0.1) is 0 Å². The molecule has 1 rings (SSSR count). The smallest absolute Gasteiger partial charge is 0.306 e. The molecular weight excluding hydrogens is 156 g/mol. The number of rotatable bonds is 3.